The molecule has 0 atom stereocenters. The van der Waals surface area contributed by atoms with Crippen molar-refractivity contribution in [2.45, 2.75) is 6.42 Å². The van der Waals surface area contributed by atoms with E-state index in [-0.39, 0.29) is 22.6 Å². The van der Waals surface area contributed by atoms with Crippen LogP contribution < -0.4 is 15.4 Å². The molecule has 1 heterocycles. The lowest BCUT2D eigenvalue weighted by Gasteiger charge is -2.33. The van der Waals surface area contributed by atoms with Crippen molar-refractivity contribution in [1.29, 1.82) is 5.41 Å². The van der Waals surface area contributed by atoms with Gasteiger partial charge in [-0.3, -0.25) is 15.0 Å². The van der Waals surface area contributed by atoms with E-state index in [4.69, 9.17) is 21.7 Å². The summed E-state index contributed by atoms with van der Waals surface area (Å²) in [6.45, 7) is 1.53. The van der Waals surface area contributed by atoms with Gasteiger partial charge in [-0.05, 0) is 61.0 Å². The normalized spacial score (nSPS) is 12.5. The van der Waals surface area contributed by atoms with Gasteiger partial charge in [-0.15, -0.1) is 0 Å². The Morgan fingerprint density at radius 3 is 2.29 bits per heavy atom. The molecular formula is C25H22ClFN4O3. The molecule has 1 aliphatic rings. The van der Waals surface area contributed by atoms with Crippen LogP contribution in [0.5, 0.6) is 5.75 Å². The first-order chi connectivity index (χ1) is 16.4. The fourth-order valence-corrected chi connectivity index (χ4v) is 3.56. The van der Waals surface area contributed by atoms with E-state index in [0.717, 1.165) is 19.5 Å². The lowest BCUT2D eigenvalue weighted by molar-refractivity contribution is 0.102. The molecule has 34 heavy (non-hydrogen) atoms. The van der Waals surface area contributed by atoms with E-state index in [1.807, 2.05) is 4.90 Å². The third-order valence-electron chi connectivity index (χ3n) is 5.48. The van der Waals surface area contributed by atoms with Crippen molar-refractivity contribution in [2.24, 2.45) is 0 Å². The Morgan fingerprint density at radius 2 is 1.68 bits per heavy atom. The van der Waals surface area contributed by atoms with Crippen LogP contribution in [0, 0.1) is 11.2 Å². The van der Waals surface area contributed by atoms with Crippen LogP contribution in [-0.4, -0.2) is 42.7 Å². The maximum atomic E-state index is 14.8. The van der Waals surface area contributed by atoms with Gasteiger partial charge in [0.1, 0.15) is 17.4 Å². The summed E-state index contributed by atoms with van der Waals surface area (Å²) in [7, 11) is 1.46. The molecule has 0 saturated carbocycles. The summed E-state index contributed by atoms with van der Waals surface area (Å²) < 4.78 is 20.0. The van der Waals surface area contributed by atoms with Gasteiger partial charge in [0, 0.05) is 29.4 Å². The maximum Gasteiger partial charge on any atom is 0.258 e. The number of benzene rings is 3. The molecule has 0 spiro atoms. The zero-order chi connectivity index (χ0) is 24.2. The minimum atomic E-state index is -0.749. The molecule has 3 aromatic carbocycles. The Morgan fingerprint density at radius 1 is 0.971 bits per heavy atom. The van der Waals surface area contributed by atoms with Crippen molar-refractivity contribution in [1.82, 2.24) is 4.90 Å². The SMILES string of the molecule is COc1ccc(NC(=O)c2ccc(C(=N)N3CCC3)cc2F)c(C(=O)Nc2ccc(Cl)cc2)c1. The van der Waals surface area contributed by atoms with Gasteiger partial charge < -0.3 is 20.3 Å². The van der Waals surface area contributed by atoms with Crippen LogP contribution in [0.3, 0.4) is 0 Å². The molecule has 0 unspecified atom stereocenters. The summed E-state index contributed by atoms with van der Waals surface area (Å²) in [6, 6.07) is 15.2. The number of hydrogen-bond acceptors (Lipinski definition) is 4. The molecule has 0 aromatic heterocycles. The van der Waals surface area contributed by atoms with E-state index in [1.54, 1.807) is 36.4 Å². The van der Waals surface area contributed by atoms with Gasteiger partial charge in [-0.25, -0.2) is 4.39 Å². The third kappa shape index (κ3) is 5.02. The molecule has 174 valence electrons. The first-order valence-corrected chi connectivity index (χ1v) is 10.9. The van der Waals surface area contributed by atoms with E-state index < -0.39 is 17.6 Å². The number of carbonyl (C=O) groups excluding carboxylic acids is 2. The number of amides is 2. The summed E-state index contributed by atoms with van der Waals surface area (Å²) in [5.41, 5.74) is 1.05. The fourth-order valence-electron chi connectivity index (χ4n) is 3.44. The van der Waals surface area contributed by atoms with Gasteiger partial charge in [-0.1, -0.05) is 17.7 Å². The summed E-state index contributed by atoms with van der Waals surface area (Å²) in [5, 5.41) is 14.0. The number of anilines is 2. The van der Waals surface area contributed by atoms with E-state index in [0.29, 0.717) is 22.0 Å². The van der Waals surface area contributed by atoms with Crippen LogP contribution in [0.2, 0.25) is 5.02 Å². The molecule has 0 radical (unpaired) electrons. The predicted octanol–water partition coefficient (Wildman–Crippen LogP) is 5.02. The number of ether oxygens (including phenoxy) is 1. The Kier molecular flexibility index (Phi) is 6.79. The highest BCUT2D eigenvalue weighted by Gasteiger charge is 2.22. The summed E-state index contributed by atoms with van der Waals surface area (Å²) in [5.74, 6) is -1.31. The molecule has 9 heteroatoms. The number of nitrogens with zero attached hydrogens (tertiary/aromatic N) is 1. The van der Waals surface area contributed by atoms with Crippen molar-refractivity contribution in [3.8, 4) is 5.75 Å². The van der Waals surface area contributed by atoms with E-state index in [1.165, 1.54) is 31.4 Å². The minimum Gasteiger partial charge on any atom is -0.497 e. The van der Waals surface area contributed by atoms with Crippen molar-refractivity contribution in [2.75, 3.05) is 30.8 Å². The molecule has 0 bridgehead atoms. The molecule has 1 saturated heterocycles. The maximum absolute atomic E-state index is 14.8. The largest absolute Gasteiger partial charge is 0.497 e. The molecule has 7 nitrogen and oxygen atoms in total. The van der Waals surface area contributed by atoms with E-state index >= 15 is 0 Å². The molecular weight excluding hydrogens is 459 g/mol. The zero-order valence-electron chi connectivity index (χ0n) is 18.3. The van der Waals surface area contributed by atoms with Crippen LogP contribution in [0.25, 0.3) is 0 Å². The lowest BCUT2D eigenvalue weighted by atomic mass is 10.1. The average molecular weight is 481 g/mol. The van der Waals surface area contributed by atoms with Crippen LogP contribution in [0.1, 0.15) is 32.7 Å². The van der Waals surface area contributed by atoms with Crippen molar-refractivity contribution in [3.63, 3.8) is 0 Å². The molecule has 0 aliphatic carbocycles. The minimum absolute atomic E-state index is 0.138. The number of methoxy groups -OCH3 is 1. The van der Waals surface area contributed by atoms with Gasteiger partial charge in [0.2, 0.25) is 0 Å². The molecule has 1 aliphatic heterocycles. The predicted molar refractivity (Wildman–Crippen MR) is 130 cm³/mol. The van der Waals surface area contributed by atoms with Gasteiger partial charge in [0.05, 0.1) is 23.9 Å². The quantitative estimate of drug-likeness (QED) is 0.341. The highest BCUT2D eigenvalue weighted by atomic mass is 35.5. The fraction of sp³-hybridized carbons (Fsp3) is 0.160. The highest BCUT2D eigenvalue weighted by Crippen LogP contribution is 2.25. The molecule has 1 fully saturated rings. The number of carbonyl (C=O) groups is 2. The van der Waals surface area contributed by atoms with Gasteiger partial charge >= 0.3 is 0 Å². The second kappa shape index (κ2) is 9.93. The van der Waals surface area contributed by atoms with Crippen LogP contribution in [0.15, 0.2) is 60.7 Å². The van der Waals surface area contributed by atoms with E-state index in [9.17, 15) is 14.0 Å². The first-order valence-electron chi connectivity index (χ1n) is 10.6. The Balaban J connectivity index is 1.55. The Labute approximate surface area is 201 Å². The Hall–Kier alpha value is -3.91. The number of likely N-dealkylation sites (tertiary alicyclic amines) is 1. The molecule has 2 amide bonds. The summed E-state index contributed by atoms with van der Waals surface area (Å²) in [6.07, 6.45) is 1.00. The van der Waals surface area contributed by atoms with Crippen molar-refractivity contribution >= 4 is 40.6 Å². The van der Waals surface area contributed by atoms with Gasteiger partial charge in [0.25, 0.3) is 11.8 Å². The zero-order valence-corrected chi connectivity index (χ0v) is 19.1. The second-order valence-corrected chi connectivity index (χ2v) is 8.15. The molecule has 4 rings (SSSR count). The standard InChI is InChI=1S/C25H22ClFN4O3/c1-34-18-8-10-22(20(14-18)25(33)29-17-6-4-16(26)5-7-17)30-24(32)19-9-3-15(13-21(19)27)23(28)31-11-2-12-31/h3-10,13-14,28H,2,11-12H2,1H3,(H,29,33)(H,30,32). The van der Waals surface area contributed by atoms with Crippen LogP contribution >= 0.6 is 11.6 Å². The lowest BCUT2D eigenvalue weighted by Crippen LogP contribution is -2.42. The smallest absolute Gasteiger partial charge is 0.258 e. The van der Waals surface area contributed by atoms with Crippen LogP contribution in [0.4, 0.5) is 15.8 Å². The third-order valence-corrected chi connectivity index (χ3v) is 5.73. The first kappa shape index (κ1) is 23.3. The number of nitrogens with one attached hydrogen (secondary N) is 3. The Bertz CT molecular complexity index is 1260. The van der Waals surface area contributed by atoms with Gasteiger partial charge in [0.15, 0.2) is 0 Å². The summed E-state index contributed by atoms with van der Waals surface area (Å²) >= 11 is 5.89. The monoisotopic (exact) mass is 480 g/mol. The number of amidine groups is 1. The van der Waals surface area contributed by atoms with E-state index in [2.05, 4.69) is 10.6 Å². The summed E-state index contributed by atoms with van der Waals surface area (Å²) in [4.78, 5) is 27.6. The molecule has 3 aromatic rings. The van der Waals surface area contributed by atoms with Gasteiger partial charge in [-0.2, -0.15) is 0 Å². The highest BCUT2D eigenvalue weighted by molar-refractivity contribution is 6.30. The number of rotatable bonds is 6. The molecule has 3 N–H and O–H groups in total. The van der Waals surface area contributed by atoms with Crippen LogP contribution in [-0.2, 0) is 0 Å². The second-order valence-electron chi connectivity index (χ2n) is 7.71. The van der Waals surface area contributed by atoms with Crippen molar-refractivity contribution in [3.05, 3.63) is 88.2 Å². The topological polar surface area (TPSA) is 94.5 Å². The average Bonchev–Trinajstić information content (AvgIpc) is 2.79. The number of hydrogen-bond donors (Lipinski definition) is 3. The van der Waals surface area contributed by atoms with Crippen molar-refractivity contribution < 1.29 is 18.7 Å². The number of halogens is 2.